The Morgan fingerprint density at radius 3 is 2.11 bits per heavy atom. The summed E-state index contributed by atoms with van der Waals surface area (Å²) in [5.41, 5.74) is 4.85. The second-order valence-corrected chi connectivity index (χ2v) is 9.53. The molecule has 1 aliphatic heterocycles. The molecular formula is C30H39N3O2. The van der Waals surface area contributed by atoms with Crippen LogP contribution in [0.4, 0.5) is 11.4 Å². The van der Waals surface area contributed by atoms with Crippen molar-refractivity contribution in [3.05, 3.63) is 90.0 Å². The first kappa shape index (κ1) is 25.1. The smallest absolute Gasteiger partial charge is 0.142 e. The molecule has 1 fully saturated rings. The molecule has 35 heavy (non-hydrogen) atoms. The second-order valence-electron chi connectivity index (χ2n) is 9.53. The van der Waals surface area contributed by atoms with Gasteiger partial charge in [0.05, 0.1) is 12.8 Å². The summed E-state index contributed by atoms with van der Waals surface area (Å²) in [4.78, 5) is 4.62. The molecule has 3 aromatic carbocycles. The lowest BCUT2D eigenvalue weighted by molar-refractivity contribution is 0.250. The summed E-state index contributed by atoms with van der Waals surface area (Å²) in [5.74, 6) is 1.37. The molecule has 0 spiro atoms. The van der Waals surface area contributed by atoms with E-state index in [-0.39, 0.29) is 24.6 Å². The van der Waals surface area contributed by atoms with Crippen LogP contribution in [0.1, 0.15) is 30.4 Å². The van der Waals surface area contributed by atoms with Crippen molar-refractivity contribution < 1.29 is 9.84 Å². The fraction of sp³-hybridized carbons (Fsp3) is 0.400. The number of methoxy groups -OCH3 is 1. The Kier molecular flexibility index (Phi) is 8.32. The highest BCUT2D eigenvalue weighted by molar-refractivity contribution is 5.67. The van der Waals surface area contributed by atoms with Gasteiger partial charge in [-0.25, -0.2) is 0 Å². The fourth-order valence-corrected chi connectivity index (χ4v) is 5.67. The number of rotatable bonds is 10. The van der Waals surface area contributed by atoms with Crippen molar-refractivity contribution in [2.24, 2.45) is 5.92 Å². The Morgan fingerprint density at radius 1 is 0.971 bits per heavy atom. The minimum Gasteiger partial charge on any atom is -0.495 e. The van der Waals surface area contributed by atoms with Crippen LogP contribution in [0.15, 0.2) is 78.9 Å². The lowest BCUT2D eigenvalue weighted by atomic mass is 9.79. The van der Waals surface area contributed by atoms with E-state index in [0.717, 1.165) is 36.6 Å². The van der Waals surface area contributed by atoms with Crippen LogP contribution in [0.5, 0.6) is 5.75 Å². The predicted molar refractivity (Wildman–Crippen MR) is 146 cm³/mol. The summed E-state index contributed by atoms with van der Waals surface area (Å²) in [6.07, 6.45) is 0.761. The zero-order chi connectivity index (χ0) is 24.8. The number of benzene rings is 3. The lowest BCUT2D eigenvalue weighted by Crippen LogP contribution is -2.50. The zero-order valence-corrected chi connectivity index (χ0v) is 21.4. The minimum atomic E-state index is 0.170. The molecule has 3 unspecified atom stereocenters. The number of nitrogens with zero attached hydrogens (tertiary/aromatic N) is 2. The summed E-state index contributed by atoms with van der Waals surface area (Å²) >= 11 is 0. The maximum atomic E-state index is 9.97. The summed E-state index contributed by atoms with van der Waals surface area (Å²) in [7, 11) is 5.88. The van der Waals surface area contributed by atoms with E-state index in [1.165, 1.54) is 11.1 Å². The number of hydrogen-bond acceptors (Lipinski definition) is 5. The summed E-state index contributed by atoms with van der Waals surface area (Å²) in [5, 5.41) is 13.9. The van der Waals surface area contributed by atoms with Crippen molar-refractivity contribution in [3.8, 4) is 5.75 Å². The predicted octanol–water partition coefficient (Wildman–Crippen LogP) is 4.76. The molecule has 0 aromatic heterocycles. The van der Waals surface area contributed by atoms with Crippen molar-refractivity contribution >= 4 is 11.4 Å². The van der Waals surface area contributed by atoms with Crippen molar-refractivity contribution in [3.63, 3.8) is 0 Å². The maximum Gasteiger partial charge on any atom is 0.142 e. The topological polar surface area (TPSA) is 48.0 Å². The van der Waals surface area contributed by atoms with E-state index in [0.29, 0.717) is 5.92 Å². The van der Waals surface area contributed by atoms with Crippen LogP contribution in [0, 0.1) is 5.92 Å². The van der Waals surface area contributed by atoms with Crippen LogP contribution in [0.2, 0.25) is 0 Å². The number of ether oxygens (including phenoxy) is 1. The third-order valence-electron chi connectivity index (χ3n) is 7.33. The normalized spacial score (nSPS) is 19.7. The second kappa shape index (κ2) is 11.6. The van der Waals surface area contributed by atoms with Crippen molar-refractivity contribution in [2.75, 3.05) is 50.7 Å². The summed E-state index contributed by atoms with van der Waals surface area (Å²) < 4.78 is 5.85. The lowest BCUT2D eigenvalue weighted by Gasteiger charge is -2.41. The van der Waals surface area contributed by atoms with E-state index in [2.05, 4.69) is 115 Å². The zero-order valence-electron chi connectivity index (χ0n) is 21.4. The third kappa shape index (κ3) is 5.31. The van der Waals surface area contributed by atoms with Gasteiger partial charge >= 0.3 is 0 Å². The van der Waals surface area contributed by atoms with Crippen molar-refractivity contribution in [1.82, 2.24) is 5.32 Å². The molecule has 0 bridgehead atoms. The van der Waals surface area contributed by atoms with E-state index in [9.17, 15) is 5.11 Å². The number of hydrogen-bond donors (Lipinski definition) is 2. The molecule has 1 aliphatic rings. The Morgan fingerprint density at radius 2 is 1.60 bits per heavy atom. The van der Waals surface area contributed by atoms with Gasteiger partial charge in [0.25, 0.3) is 0 Å². The Balaban J connectivity index is 1.84. The largest absolute Gasteiger partial charge is 0.495 e. The first-order valence-corrected chi connectivity index (χ1v) is 12.6. The number of likely N-dealkylation sites (N-methyl/N-ethyl adjacent to an activating group) is 1. The van der Waals surface area contributed by atoms with Gasteiger partial charge < -0.3 is 25.0 Å². The minimum absolute atomic E-state index is 0.170. The molecule has 2 N–H and O–H groups in total. The Labute approximate surface area is 210 Å². The molecule has 3 aromatic rings. The highest BCUT2D eigenvalue weighted by Crippen LogP contribution is 2.41. The quantitative estimate of drug-likeness (QED) is 0.445. The van der Waals surface area contributed by atoms with Gasteiger partial charge in [-0.05, 0) is 48.6 Å². The number of aliphatic hydroxyl groups excluding tert-OH is 1. The van der Waals surface area contributed by atoms with Crippen LogP contribution < -0.4 is 19.9 Å². The molecule has 0 aliphatic carbocycles. The van der Waals surface area contributed by atoms with Crippen LogP contribution in [0.3, 0.4) is 0 Å². The van der Waals surface area contributed by atoms with E-state index < -0.39 is 0 Å². The van der Waals surface area contributed by atoms with Crippen LogP contribution >= 0.6 is 0 Å². The van der Waals surface area contributed by atoms with Gasteiger partial charge in [0.2, 0.25) is 0 Å². The van der Waals surface area contributed by atoms with Gasteiger partial charge in [0.1, 0.15) is 5.75 Å². The van der Waals surface area contributed by atoms with E-state index in [4.69, 9.17) is 4.74 Å². The van der Waals surface area contributed by atoms with Gasteiger partial charge in [0, 0.05) is 57.5 Å². The molecular weight excluding hydrogens is 434 g/mol. The molecule has 5 nitrogen and oxygen atoms in total. The van der Waals surface area contributed by atoms with Crippen LogP contribution in [-0.4, -0.2) is 58.1 Å². The summed E-state index contributed by atoms with van der Waals surface area (Å²) in [6.45, 7) is 4.11. The average Bonchev–Trinajstić information content (AvgIpc) is 3.29. The van der Waals surface area contributed by atoms with E-state index in [1.807, 2.05) is 0 Å². The Bertz CT molecular complexity index is 1020. The Hall–Kier alpha value is -3.02. The molecule has 1 saturated heterocycles. The van der Waals surface area contributed by atoms with Crippen LogP contribution in [0.25, 0.3) is 0 Å². The molecule has 3 atom stereocenters. The van der Waals surface area contributed by atoms with Gasteiger partial charge in [-0.2, -0.15) is 0 Å². The van der Waals surface area contributed by atoms with Crippen LogP contribution in [-0.2, 0) is 0 Å². The van der Waals surface area contributed by atoms with Gasteiger partial charge in [0.15, 0.2) is 0 Å². The van der Waals surface area contributed by atoms with Crippen molar-refractivity contribution in [2.45, 2.75) is 31.3 Å². The molecule has 4 rings (SSSR count). The highest BCUT2D eigenvalue weighted by atomic mass is 16.5. The van der Waals surface area contributed by atoms with E-state index >= 15 is 0 Å². The molecule has 186 valence electrons. The molecule has 0 radical (unpaired) electrons. The first-order valence-electron chi connectivity index (χ1n) is 12.6. The molecule has 0 amide bonds. The first-order chi connectivity index (χ1) is 17.1. The monoisotopic (exact) mass is 473 g/mol. The molecule has 0 saturated carbocycles. The van der Waals surface area contributed by atoms with E-state index in [1.54, 1.807) is 7.11 Å². The van der Waals surface area contributed by atoms with Gasteiger partial charge in [-0.3, -0.25) is 0 Å². The SMILES string of the molecule is CCN(c1cc(N(C)C)ccc1OC)C1C(CCO)CNC1C(c1ccccc1)c1ccccc1. The number of anilines is 2. The molecule has 1 heterocycles. The molecule has 5 heteroatoms. The average molecular weight is 474 g/mol. The number of aliphatic hydroxyl groups is 1. The number of nitrogens with one attached hydrogen (secondary N) is 1. The highest BCUT2D eigenvalue weighted by Gasteiger charge is 2.44. The van der Waals surface area contributed by atoms with Crippen molar-refractivity contribution in [1.29, 1.82) is 0 Å². The van der Waals surface area contributed by atoms with Gasteiger partial charge in [-0.1, -0.05) is 60.7 Å². The van der Waals surface area contributed by atoms with Gasteiger partial charge in [-0.15, -0.1) is 0 Å². The maximum absolute atomic E-state index is 9.97. The third-order valence-corrected chi connectivity index (χ3v) is 7.33. The summed E-state index contributed by atoms with van der Waals surface area (Å²) in [6, 6.07) is 28.4. The fourth-order valence-electron chi connectivity index (χ4n) is 5.67. The standard InChI is InChI=1S/C30H39N3O2/c1-5-33(26-20-25(32(2)3)16-17-27(26)35-4)30-24(18-19-34)21-31-29(30)28(22-12-8-6-9-13-22)23-14-10-7-11-15-23/h6-17,20,24,28-31,34H,5,18-19,21H2,1-4H3.